The normalized spacial score (nSPS) is 22.9. The second kappa shape index (κ2) is 6.08. The smallest absolute Gasteiger partial charge is 0.142 e. The van der Waals surface area contributed by atoms with Crippen LogP contribution in [0.25, 0.3) is 0 Å². The first-order valence-corrected chi connectivity index (χ1v) is 7.73. The zero-order chi connectivity index (χ0) is 14.0. The number of aryl methyl sites for hydroxylation is 2. The Kier molecular flexibility index (Phi) is 4.67. The first kappa shape index (κ1) is 14.6. The summed E-state index contributed by atoms with van der Waals surface area (Å²) in [6, 6.07) is 0. The predicted octanol–water partition coefficient (Wildman–Crippen LogP) is 3.67. The molecule has 1 aliphatic rings. The number of nitrogens with zero attached hydrogens (tertiary/aromatic N) is 2. The van der Waals surface area contributed by atoms with Crippen LogP contribution in [0.3, 0.4) is 0 Å². The van der Waals surface area contributed by atoms with Gasteiger partial charge in [0.05, 0.1) is 22.8 Å². The van der Waals surface area contributed by atoms with Crippen LogP contribution in [-0.2, 0) is 24.2 Å². The number of carbonyl (C=O) groups is 1. The zero-order valence-electron chi connectivity index (χ0n) is 12.1. The summed E-state index contributed by atoms with van der Waals surface area (Å²) in [6.07, 6.45) is 4.65. The zero-order valence-corrected chi connectivity index (χ0v) is 12.8. The molecule has 0 spiro atoms. The van der Waals surface area contributed by atoms with Crippen LogP contribution in [0.5, 0.6) is 0 Å². The average molecular weight is 283 g/mol. The fraction of sp³-hybridized carbons (Fsp3) is 0.733. The SMILES string of the molecule is CCc1nn(CC)c(CC(=O)C2CCCC2C)c1Cl. The van der Waals surface area contributed by atoms with Gasteiger partial charge in [0, 0.05) is 12.5 Å². The highest BCUT2D eigenvalue weighted by Gasteiger charge is 2.30. The molecule has 0 aliphatic heterocycles. The number of carbonyl (C=O) groups excluding carboxylic acids is 1. The minimum absolute atomic E-state index is 0.223. The fourth-order valence-corrected chi connectivity index (χ4v) is 3.44. The van der Waals surface area contributed by atoms with Gasteiger partial charge in [-0.3, -0.25) is 9.48 Å². The molecule has 0 radical (unpaired) electrons. The fourth-order valence-electron chi connectivity index (χ4n) is 3.11. The number of halogens is 1. The van der Waals surface area contributed by atoms with Gasteiger partial charge in [0.15, 0.2) is 0 Å². The van der Waals surface area contributed by atoms with Gasteiger partial charge in [-0.25, -0.2) is 0 Å². The van der Waals surface area contributed by atoms with E-state index in [-0.39, 0.29) is 5.92 Å². The molecular weight excluding hydrogens is 260 g/mol. The third-order valence-electron chi connectivity index (χ3n) is 4.31. The Morgan fingerprint density at radius 1 is 1.42 bits per heavy atom. The van der Waals surface area contributed by atoms with Crippen molar-refractivity contribution in [2.24, 2.45) is 11.8 Å². The van der Waals surface area contributed by atoms with Gasteiger partial charge in [0.1, 0.15) is 5.78 Å². The molecule has 0 bridgehead atoms. The van der Waals surface area contributed by atoms with Gasteiger partial charge in [-0.2, -0.15) is 5.10 Å². The van der Waals surface area contributed by atoms with Gasteiger partial charge >= 0.3 is 0 Å². The predicted molar refractivity (Wildman–Crippen MR) is 77.5 cm³/mol. The summed E-state index contributed by atoms with van der Waals surface area (Å²) in [4.78, 5) is 12.4. The molecule has 106 valence electrons. The van der Waals surface area contributed by atoms with Crippen LogP contribution in [0.1, 0.15) is 51.4 Å². The molecule has 1 aromatic rings. The molecule has 0 aromatic carbocycles. The van der Waals surface area contributed by atoms with Crippen molar-refractivity contribution < 1.29 is 4.79 Å². The maximum Gasteiger partial charge on any atom is 0.142 e. The maximum atomic E-state index is 12.4. The molecule has 1 heterocycles. The Labute approximate surface area is 120 Å². The van der Waals surface area contributed by atoms with Crippen molar-refractivity contribution >= 4 is 17.4 Å². The monoisotopic (exact) mass is 282 g/mol. The molecule has 4 heteroatoms. The lowest BCUT2D eigenvalue weighted by atomic mass is 9.91. The standard InChI is InChI=1S/C15H23ClN2O/c1-4-12-15(16)13(18(5-2)17-12)9-14(19)11-8-6-7-10(11)3/h10-11H,4-9H2,1-3H3. The van der Waals surface area contributed by atoms with Gasteiger partial charge in [0.25, 0.3) is 0 Å². The summed E-state index contributed by atoms with van der Waals surface area (Å²) < 4.78 is 1.89. The maximum absolute atomic E-state index is 12.4. The highest BCUT2D eigenvalue weighted by molar-refractivity contribution is 6.32. The van der Waals surface area contributed by atoms with Crippen molar-refractivity contribution in [3.63, 3.8) is 0 Å². The van der Waals surface area contributed by atoms with E-state index in [2.05, 4.69) is 12.0 Å². The van der Waals surface area contributed by atoms with Crippen molar-refractivity contribution in [2.75, 3.05) is 0 Å². The Hall–Kier alpha value is -0.830. The highest BCUT2D eigenvalue weighted by atomic mass is 35.5. The lowest BCUT2D eigenvalue weighted by Gasteiger charge is -2.14. The number of hydrogen-bond acceptors (Lipinski definition) is 2. The molecular formula is C15H23ClN2O. The number of aromatic nitrogens is 2. The topological polar surface area (TPSA) is 34.9 Å². The van der Waals surface area contributed by atoms with Crippen molar-refractivity contribution in [2.45, 2.75) is 59.4 Å². The molecule has 1 fully saturated rings. The summed E-state index contributed by atoms with van der Waals surface area (Å²) in [7, 11) is 0. The Bertz CT molecular complexity index is 467. The molecule has 2 unspecified atom stereocenters. The number of ketones is 1. The Morgan fingerprint density at radius 2 is 2.16 bits per heavy atom. The molecule has 1 aromatic heterocycles. The summed E-state index contributed by atoms with van der Waals surface area (Å²) in [5, 5.41) is 5.18. The van der Waals surface area contributed by atoms with E-state index in [9.17, 15) is 4.79 Å². The second-order valence-electron chi connectivity index (χ2n) is 5.53. The third kappa shape index (κ3) is 2.86. The first-order valence-electron chi connectivity index (χ1n) is 7.35. The van der Waals surface area contributed by atoms with Crippen molar-refractivity contribution in [1.82, 2.24) is 9.78 Å². The summed E-state index contributed by atoms with van der Waals surface area (Å²) in [5.41, 5.74) is 1.82. The van der Waals surface area contributed by atoms with Gasteiger partial charge in [-0.15, -0.1) is 0 Å². The Morgan fingerprint density at radius 3 is 2.68 bits per heavy atom. The molecule has 1 aliphatic carbocycles. The molecule has 1 saturated carbocycles. The van der Waals surface area contributed by atoms with Crippen LogP contribution in [0.4, 0.5) is 0 Å². The highest BCUT2D eigenvalue weighted by Crippen LogP contribution is 2.33. The van der Waals surface area contributed by atoms with Crippen LogP contribution < -0.4 is 0 Å². The first-order chi connectivity index (χ1) is 9.08. The lowest BCUT2D eigenvalue weighted by Crippen LogP contribution is -2.20. The van der Waals surface area contributed by atoms with E-state index in [0.29, 0.717) is 23.1 Å². The van der Waals surface area contributed by atoms with Gasteiger partial charge in [-0.1, -0.05) is 31.9 Å². The van der Waals surface area contributed by atoms with Crippen LogP contribution in [-0.4, -0.2) is 15.6 Å². The van der Waals surface area contributed by atoms with E-state index in [1.54, 1.807) is 0 Å². The summed E-state index contributed by atoms with van der Waals surface area (Å²) in [5.74, 6) is 1.08. The molecule has 19 heavy (non-hydrogen) atoms. The molecule has 0 saturated heterocycles. The molecule has 0 amide bonds. The van der Waals surface area contributed by atoms with Gasteiger partial charge < -0.3 is 0 Å². The molecule has 2 rings (SSSR count). The minimum atomic E-state index is 0.223. The number of rotatable bonds is 5. The number of hydrogen-bond donors (Lipinski definition) is 0. The van der Waals surface area contributed by atoms with Crippen molar-refractivity contribution in [1.29, 1.82) is 0 Å². The van der Waals surface area contributed by atoms with Gasteiger partial charge in [-0.05, 0) is 32.1 Å². The third-order valence-corrected chi connectivity index (χ3v) is 4.75. The largest absolute Gasteiger partial charge is 0.299 e. The van der Waals surface area contributed by atoms with Gasteiger partial charge in [0.2, 0.25) is 0 Å². The Balaban J connectivity index is 2.18. The molecule has 3 nitrogen and oxygen atoms in total. The van der Waals surface area contributed by atoms with Crippen LogP contribution >= 0.6 is 11.6 Å². The van der Waals surface area contributed by atoms with E-state index in [1.165, 1.54) is 12.8 Å². The van der Waals surface area contributed by atoms with Crippen LogP contribution in [0, 0.1) is 11.8 Å². The average Bonchev–Trinajstić information content (AvgIpc) is 2.95. The van der Waals surface area contributed by atoms with E-state index < -0.39 is 0 Å². The van der Waals surface area contributed by atoms with E-state index in [1.807, 2.05) is 18.5 Å². The van der Waals surface area contributed by atoms with Crippen molar-refractivity contribution in [3.8, 4) is 0 Å². The minimum Gasteiger partial charge on any atom is -0.299 e. The van der Waals surface area contributed by atoms with E-state index in [4.69, 9.17) is 11.6 Å². The second-order valence-corrected chi connectivity index (χ2v) is 5.91. The number of Topliss-reactive ketones (excluding diaryl/α,β-unsaturated/α-hetero) is 1. The van der Waals surface area contributed by atoms with Crippen LogP contribution in [0.15, 0.2) is 0 Å². The lowest BCUT2D eigenvalue weighted by molar-refractivity contribution is -0.123. The molecule has 0 N–H and O–H groups in total. The van der Waals surface area contributed by atoms with E-state index in [0.717, 1.165) is 30.8 Å². The quantitative estimate of drug-likeness (QED) is 0.826. The van der Waals surface area contributed by atoms with Crippen molar-refractivity contribution in [3.05, 3.63) is 16.4 Å². The van der Waals surface area contributed by atoms with Crippen LogP contribution in [0.2, 0.25) is 5.02 Å². The molecule has 2 atom stereocenters. The van der Waals surface area contributed by atoms with E-state index >= 15 is 0 Å². The summed E-state index contributed by atoms with van der Waals surface area (Å²) >= 11 is 6.36. The summed E-state index contributed by atoms with van der Waals surface area (Å²) in [6.45, 7) is 7.03.